The summed E-state index contributed by atoms with van der Waals surface area (Å²) in [6, 6.07) is 11.4. The molecular weight excluding hydrogens is 253 g/mol. The molecule has 1 N–H and O–H groups in total. The monoisotopic (exact) mass is 273 g/mol. The quantitative estimate of drug-likeness (QED) is 0.868. The van der Waals surface area contributed by atoms with Crippen LogP contribution in [0.3, 0.4) is 0 Å². The van der Waals surface area contributed by atoms with Gasteiger partial charge in [-0.1, -0.05) is 29.3 Å². The Morgan fingerprint density at radius 1 is 1.05 bits per heavy atom. The van der Waals surface area contributed by atoms with E-state index >= 15 is 0 Å². The molecule has 0 fully saturated rings. The van der Waals surface area contributed by atoms with Gasteiger partial charge in [0.2, 0.25) is 0 Å². The molecule has 0 atom stereocenters. The number of ether oxygens (including phenoxy) is 1. The molecule has 0 radical (unpaired) electrons. The van der Waals surface area contributed by atoms with Gasteiger partial charge in [0, 0.05) is 18.3 Å². The minimum atomic E-state index is -0.336. The maximum Gasteiger partial charge on any atom is 0.167 e. The highest BCUT2D eigenvalue weighted by atomic mass is 19.1. The fraction of sp³-hybridized carbons (Fsp3) is 0.294. The summed E-state index contributed by atoms with van der Waals surface area (Å²) >= 11 is 0. The van der Waals surface area contributed by atoms with Crippen LogP contribution in [0.2, 0.25) is 0 Å². The van der Waals surface area contributed by atoms with E-state index in [0.29, 0.717) is 18.9 Å². The molecule has 0 saturated carbocycles. The largest absolute Gasteiger partial charge is 0.491 e. The number of halogens is 1. The molecule has 0 aliphatic carbocycles. The first-order chi connectivity index (χ1) is 9.58. The lowest BCUT2D eigenvalue weighted by atomic mass is 10.1. The van der Waals surface area contributed by atoms with Gasteiger partial charge in [-0.05, 0) is 38.5 Å². The number of nitrogens with one attached hydrogen (secondary N) is 1. The van der Waals surface area contributed by atoms with Crippen molar-refractivity contribution in [1.29, 1.82) is 0 Å². The van der Waals surface area contributed by atoms with Gasteiger partial charge < -0.3 is 10.1 Å². The zero-order chi connectivity index (χ0) is 14.5. The Balaban J connectivity index is 2.05. The number of rotatable bonds is 5. The molecule has 2 nitrogen and oxygen atoms in total. The van der Waals surface area contributed by atoms with Crippen LogP contribution in [0.4, 0.5) is 10.1 Å². The van der Waals surface area contributed by atoms with Crippen LogP contribution in [0.25, 0.3) is 0 Å². The number of benzene rings is 2. The standard InChI is InChI=1S/C17H20FNO/c1-4-20-17-6-5-15(10-16(17)18)19-11-14-8-12(2)7-13(3)9-14/h5-10,19H,4,11H2,1-3H3. The van der Waals surface area contributed by atoms with Gasteiger partial charge in [0.25, 0.3) is 0 Å². The third-order valence-electron chi connectivity index (χ3n) is 3.01. The molecule has 2 aromatic carbocycles. The molecule has 2 aromatic rings. The van der Waals surface area contributed by atoms with Crippen molar-refractivity contribution in [3.05, 3.63) is 58.9 Å². The van der Waals surface area contributed by atoms with Crippen LogP contribution < -0.4 is 10.1 Å². The van der Waals surface area contributed by atoms with Gasteiger partial charge in [0.1, 0.15) is 0 Å². The first kappa shape index (κ1) is 14.4. The van der Waals surface area contributed by atoms with Crippen LogP contribution in [-0.4, -0.2) is 6.61 Å². The van der Waals surface area contributed by atoms with E-state index in [1.165, 1.54) is 22.8 Å². The lowest BCUT2D eigenvalue weighted by molar-refractivity contribution is 0.321. The molecule has 0 aliphatic rings. The smallest absolute Gasteiger partial charge is 0.167 e. The molecule has 0 unspecified atom stereocenters. The molecule has 3 heteroatoms. The van der Waals surface area contributed by atoms with Crippen molar-refractivity contribution in [2.75, 3.05) is 11.9 Å². The number of aryl methyl sites for hydroxylation is 2. The van der Waals surface area contributed by atoms with Gasteiger partial charge in [0.15, 0.2) is 11.6 Å². The average molecular weight is 273 g/mol. The third kappa shape index (κ3) is 3.73. The van der Waals surface area contributed by atoms with Crippen LogP contribution >= 0.6 is 0 Å². The Hall–Kier alpha value is -2.03. The molecule has 2 rings (SSSR count). The van der Waals surface area contributed by atoms with Crippen LogP contribution in [0.5, 0.6) is 5.75 Å². The Labute approximate surface area is 119 Å². The van der Waals surface area contributed by atoms with Crippen molar-refractivity contribution in [3.63, 3.8) is 0 Å². The normalized spacial score (nSPS) is 10.4. The molecule has 0 aromatic heterocycles. The average Bonchev–Trinajstić information content (AvgIpc) is 2.38. The summed E-state index contributed by atoms with van der Waals surface area (Å²) in [5.41, 5.74) is 4.42. The minimum Gasteiger partial charge on any atom is -0.491 e. The molecule has 0 aliphatic heterocycles. The second-order valence-corrected chi connectivity index (χ2v) is 4.93. The van der Waals surface area contributed by atoms with E-state index in [2.05, 4.69) is 37.4 Å². The highest BCUT2D eigenvalue weighted by molar-refractivity contribution is 5.48. The van der Waals surface area contributed by atoms with Crippen LogP contribution in [0, 0.1) is 19.7 Å². The predicted molar refractivity (Wildman–Crippen MR) is 80.8 cm³/mol. The molecule has 0 heterocycles. The molecule has 0 saturated heterocycles. The second-order valence-electron chi connectivity index (χ2n) is 4.93. The maximum atomic E-state index is 13.7. The predicted octanol–water partition coefficient (Wildman–Crippen LogP) is 4.45. The molecule has 0 spiro atoms. The van der Waals surface area contributed by atoms with Gasteiger partial charge in [-0.2, -0.15) is 0 Å². The zero-order valence-electron chi connectivity index (χ0n) is 12.2. The summed E-state index contributed by atoms with van der Waals surface area (Å²) in [5, 5.41) is 3.23. The molecule has 20 heavy (non-hydrogen) atoms. The SMILES string of the molecule is CCOc1ccc(NCc2cc(C)cc(C)c2)cc1F. The molecule has 0 bridgehead atoms. The van der Waals surface area contributed by atoms with Crippen molar-refractivity contribution in [2.24, 2.45) is 0 Å². The van der Waals surface area contributed by atoms with Crippen molar-refractivity contribution < 1.29 is 9.13 Å². The molecule has 106 valence electrons. The topological polar surface area (TPSA) is 21.3 Å². The Bertz CT molecular complexity index is 575. The second kappa shape index (κ2) is 6.42. The number of anilines is 1. The Morgan fingerprint density at radius 2 is 1.75 bits per heavy atom. The van der Waals surface area contributed by atoms with Crippen LogP contribution in [0.1, 0.15) is 23.6 Å². The fourth-order valence-electron chi connectivity index (χ4n) is 2.26. The highest BCUT2D eigenvalue weighted by Crippen LogP contribution is 2.21. The summed E-state index contributed by atoms with van der Waals surface area (Å²) in [6.45, 7) is 7.13. The highest BCUT2D eigenvalue weighted by Gasteiger charge is 2.04. The Kier molecular flexibility index (Phi) is 4.61. The van der Waals surface area contributed by atoms with Gasteiger partial charge >= 0.3 is 0 Å². The van der Waals surface area contributed by atoms with Crippen LogP contribution in [-0.2, 0) is 6.54 Å². The van der Waals surface area contributed by atoms with E-state index in [-0.39, 0.29) is 5.82 Å². The lowest BCUT2D eigenvalue weighted by Crippen LogP contribution is -2.01. The van der Waals surface area contributed by atoms with Crippen LogP contribution in [0.15, 0.2) is 36.4 Å². The molecule has 0 amide bonds. The van der Waals surface area contributed by atoms with E-state index in [4.69, 9.17) is 4.74 Å². The fourth-order valence-corrected chi connectivity index (χ4v) is 2.26. The lowest BCUT2D eigenvalue weighted by Gasteiger charge is -2.10. The van der Waals surface area contributed by atoms with Crippen molar-refractivity contribution >= 4 is 5.69 Å². The van der Waals surface area contributed by atoms with E-state index in [0.717, 1.165) is 5.69 Å². The number of hydrogen-bond donors (Lipinski definition) is 1. The van der Waals surface area contributed by atoms with Gasteiger partial charge in [-0.3, -0.25) is 0 Å². The van der Waals surface area contributed by atoms with Crippen molar-refractivity contribution in [2.45, 2.75) is 27.3 Å². The van der Waals surface area contributed by atoms with E-state index in [1.54, 1.807) is 6.07 Å². The zero-order valence-corrected chi connectivity index (χ0v) is 12.2. The van der Waals surface area contributed by atoms with E-state index in [9.17, 15) is 4.39 Å². The first-order valence-electron chi connectivity index (χ1n) is 6.82. The summed E-state index contributed by atoms with van der Waals surface area (Å²) in [4.78, 5) is 0. The minimum absolute atomic E-state index is 0.296. The summed E-state index contributed by atoms with van der Waals surface area (Å²) in [6.07, 6.45) is 0. The van der Waals surface area contributed by atoms with Crippen molar-refractivity contribution in [1.82, 2.24) is 0 Å². The third-order valence-corrected chi connectivity index (χ3v) is 3.01. The summed E-state index contributed by atoms with van der Waals surface area (Å²) < 4.78 is 18.9. The van der Waals surface area contributed by atoms with E-state index in [1.807, 2.05) is 13.0 Å². The van der Waals surface area contributed by atoms with Gasteiger partial charge in [0.05, 0.1) is 6.61 Å². The van der Waals surface area contributed by atoms with Gasteiger partial charge in [-0.15, -0.1) is 0 Å². The van der Waals surface area contributed by atoms with Gasteiger partial charge in [-0.25, -0.2) is 4.39 Å². The first-order valence-corrected chi connectivity index (χ1v) is 6.82. The Morgan fingerprint density at radius 3 is 2.35 bits per heavy atom. The maximum absolute atomic E-state index is 13.7. The van der Waals surface area contributed by atoms with Crippen molar-refractivity contribution in [3.8, 4) is 5.75 Å². The summed E-state index contributed by atoms with van der Waals surface area (Å²) in [5.74, 6) is -0.0401. The molecular formula is C17H20FNO. The number of hydrogen-bond acceptors (Lipinski definition) is 2. The van der Waals surface area contributed by atoms with E-state index < -0.39 is 0 Å². The summed E-state index contributed by atoms with van der Waals surface area (Å²) in [7, 11) is 0.